The van der Waals surface area contributed by atoms with Gasteiger partial charge in [0.1, 0.15) is 5.82 Å². The summed E-state index contributed by atoms with van der Waals surface area (Å²) in [7, 11) is 0. The number of benzene rings is 5. The SMILES string of the molecule is c1ccc(-c2nc3ccccc3n2-c2ccc(-c3ccc4c(c3)CC3Cc5ccccc5N43)cc2)cc1. The van der Waals surface area contributed by atoms with Crippen LogP contribution in [0.3, 0.4) is 0 Å². The van der Waals surface area contributed by atoms with Crippen molar-refractivity contribution >= 4 is 22.4 Å². The van der Waals surface area contributed by atoms with Gasteiger partial charge < -0.3 is 4.90 Å². The van der Waals surface area contributed by atoms with Gasteiger partial charge in [0.05, 0.1) is 11.0 Å². The molecule has 0 saturated heterocycles. The number of nitrogens with zero attached hydrogens (tertiary/aromatic N) is 3. The molecule has 3 heteroatoms. The van der Waals surface area contributed by atoms with E-state index in [1.807, 2.05) is 6.07 Å². The number of rotatable bonds is 3. The van der Waals surface area contributed by atoms with Gasteiger partial charge in [-0.05, 0) is 77.6 Å². The maximum absolute atomic E-state index is 4.98. The molecule has 37 heavy (non-hydrogen) atoms. The molecule has 1 unspecified atom stereocenters. The minimum absolute atomic E-state index is 0.552. The summed E-state index contributed by atoms with van der Waals surface area (Å²) >= 11 is 0. The monoisotopic (exact) mass is 475 g/mol. The average Bonchev–Trinajstić information content (AvgIpc) is 3.63. The highest BCUT2D eigenvalue weighted by Gasteiger charge is 2.36. The first-order chi connectivity index (χ1) is 18.3. The van der Waals surface area contributed by atoms with Crippen LogP contribution in [-0.2, 0) is 12.8 Å². The molecule has 3 heterocycles. The molecule has 8 rings (SSSR count). The Hall–Kier alpha value is -4.63. The summed E-state index contributed by atoms with van der Waals surface area (Å²) in [5, 5.41) is 0. The Bertz CT molecular complexity index is 1780. The maximum Gasteiger partial charge on any atom is 0.145 e. The fraction of sp³-hybridized carbons (Fsp3) is 0.0882. The topological polar surface area (TPSA) is 21.1 Å². The zero-order valence-electron chi connectivity index (χ0n) is 20.4. The lowest BCUT2D eigenvalue weighted by atomic mass is 9.99. The Morgan fingerprint density at radius 3 is 2.16 bits per heavy atom. The molecule has 1 atom stereocenters. The fourth-order valence-corrected chi connectivity index (χ4v) is 6.24. The normalized spacial score (nSPS) is 15.6. The van der Waals surface area contributed by atoms with Crippen LogP contribution >= 0.6 is 0 Å². The highest BCUT2D eigenvalue weighted by Crippen LogP contribution is 2.46. The summed E-state index contributed by atoms with van der Waals surface area (Å²) in [6, 6.07) is 44.1. The van der Waals surface area contributed by atoms with Crippen LogP contribution in [0.2, 0.25) is 0 Å². The molecule has 2 aliphatic heterocycles. The van der Waals surface area contributed by atoms with Crippen molar-refractivity contribution in [3.8, 4) is 28.2 Å². The van der Waals surface area contributed by atoms with E-state index in [-0.39, 0.29) is 0 Å². The van der Waals surface area contributed by atoms with Crippen LogP contribution in [-0.4, -0.2) is 15.6 Å². The summed E-state index contributed by atoms with van der Waals surface area (Å²) in [5.74, 6) is 0.966. The molecule has 2 aliphatic rings. The Labute approximate surface area is 216 Å². The van der Waals surface area contributed by atoms with Crippen molar-refractivity contribution in [1.29, 1.82) is 0 Å². The predicted octanol–water partition coefficient (Wildman–Crippen LogP) is 7.98. The Morgan fingerprint density at radius 2 is 1.27 bits per heavy atom. The molecule has 176 valence electrons. The van der Waals surface area contributed by atoms with Crippen LogP contribution in [0, 0.1) is 0 Å². The van der Waals surface area contributed by atoms with Crippen molar-refractivity contribution in [2.75, 3.05) is 4.90 Å². The first-order valence-corrected chi connectivity index (χ1v) is 13.0. The van der Waals surface area contributed by atoms with E-state index in [1.54, 1.807) is 0 Å². The van der Waals surface area contributed by atoms with Crippen molar-refractivity contribution in [2.24, 2.45) is 0 Å². The molecule has 0 fully saturated rings. The lowest BCUT2D eigenvalue weighted by Gasteiger charge is -2.20. The predicted molar refractivity (Wildman–Crippen MR) is 152 cm³/mol. The van der Waals surface area contributed by atoms with Gasteiger partial charge in [-0.1, -0.05) is 78.9 Å². The smallest absolute Gasteiger partial charge is 0.145 e. The molecule has 0 spiro atoms. The summed E-state index contributed by atoms with van der Waals surface area (Å²) in [4.78, 5) is 7.53. The molecule has 6 aromatic rings. The van der Waals surface area contributed by atoms with Gasteiger partial charge in [-0.25, -0.2) is 4.98 Å². The van der Waals surface area contributed by atoms with Crippen LogP contribution in [0.4, 0.5) is 11.4 Å². The molecule has 0 bridgehead atoms. The minimum Gasteiger partial charge on any atom is -0.337 e. The van der Waals surface area contributed by atoms with Gasteiger partial charge in [-0.15, -0.1) is 0 Å². The highest BCUT2D eigenvalue weighted by atomic mass is 15.2. The number of para-hydroxylation sites is 3. The fourth-order valence-electron chi connectivity index (χ4n) is 6.24. The van der Waals surface area contributed by atoms with E-state index >= 15 is 0 Å². The van der Waals surface area contributed by atoms with E-state index in [0.717, 1.165) is 41.0 Å². The van der Waals surface area contributed by atoms with E-state index in [1.165, 1.54) is 33.6 Å². The molecule has 0 radical (unpaired) electrons. The Balaban J connectivity index is 1.17. The maximum atomic E-state index is 4.98. The van der Waals surface area contributed by atoms with Gasteiger partial charge in [0.15, 0.2) is 0 Å². The number of anilines is 2. The molecule has 0 amide bonds. The van der Waals surface area contributed by atoms with E-state index in [4.69, 9.17) is 4.98 Å². The lowest BCUT2D eigenvalue weighted by molar-refractivity contribution is 0.725. The molecular formula is C34H25N3. The minimum atomic E-state index is 0.552. The van der Waals surface area contributed by atoms with Gasteiger partial charge >= 0.3 is 0 Å². The van der Waals surface area contributed by atoms with Crippen molar-refractivity contribution in [3.63, 3.8) is 0 Å². The van der Waals surface area contributed by atoms with Crippen LogP contribution in [0.5, 0.6) is 0 Å². The molecule has 0 saturated carbocycles. The molecule has 3 nitrogen and oxygen atoms in total. The third-order valence-electron chi connectivity index (χ3n) is 7.92. The van der Waals surface area contributed by atoms with Crippen LogP contribution in [0.25, 0.3) is 39.2 Å². The van der Waals surface area contributed by atoms with E-state index in [0.29, 0.717) is 6.04 Å². The summed E-state index contributed by atoms with van der Waals surface area (Å²) in [5.41, 5.74) is 12.5. The first kappa shape index (κ1) is 20.6. The van der Waals surface area contributed by atoms with E-state index < -0.39 is 0 Å². The van der Waals surface area contributed by atoms with Crippen LogP contribution in [0.15, 0.2) is 121 Å². The van der Waals surface area contributed by atoms with Crippen molar-refractivity contribution in [2.45, 2.75) is 18.9 Å². The molecular weight excluding hydrogens is 450 g/mol. The van der Waals surface area contributed by atoms with Crippen molar-refractivity contribution < 1.29 is 0 Å². The Kier molecular flexibility index (Phi) is 4.41. The van der Waals surface area contributed by atoms with Crippen LogP contribution < -0.4 is 4.90 Å². The largest absolute Gasteiger partial charge is 0.337 e. The Morgan fingerprint density at radius 1 is 0.568 bits per heavy atom. The summed E-state index contributed by atoms with van der Waals surface area (Å²) in [6.07, 6.45) is 2.24. The quantitative estimate of drug-likeness (QED) is 0.259. The van der Waals surface area contributed by atoms with Gasteiger partial charge in [-0.3, -0.25) is 4.57 Å². The molecule has 0 aliphatic carbocycles. The van der Waals surface area contributed by atoms with E-state index in [2.05, 4.69) is 125 Å². The second-order valence-corrected chi connectivity index (χ2v) is 10.1. The first-order valence-electron chi connectivity index (χ1n) is 13.0. The summed E-state index contributed by atoms with van der Waals surface area (Å²) in [6.45, 7) is 0. The van der Waals surface area contributed by atoms with Gasteiger partial charge in [0.25, 0.3) is 0 Å². The molecule has 5 aromatic carbocycles. The number of fused-ring (bicyclic) bond motifs is 6. The number of hydrogen-bond donors (Lipinski definition) is 0. The third kappa shape index (κ3) is 3.17. The second-order valence-electron chi connectivity index (χ2n) is 10.1. The van der Waals surface area contributed by atoms with Crippen molar-refractivity contribution in [3.05, 3.63) is 132 Å². The number of imidazole rings is 1. The van der Waals surface area contributed by atoms with Gasteiger partial charge in [0.2, 0.25) is 0 Å². The molecule has 0 N–H and O–H groups in total. The second kappa shape index (κ2) is 7.94. The van der Waals surface area contributed by atoms with Crippen LogP contribution in [0.1, 0.15) is 11.1 Å². The summed E-state index contributed by atoms with van der Waals surface area (Å²) < 4.78 is 2.27. The average molecular weight is 476 g/mol. The standard InChI is InChI=1S/C34H25N3/c1-2-8-24(9-3-1)34-35-30-11-5-7-13-33(30)37(34)28-17-14-23(15-18-28)25-16-19-32-27(20-25)22-29-21-26-10-4-6-12-31(26)36(29)32/h1-20,29H,21-22H2. The van der Waals surface area contributed by atoms with Gasteiger partial charge in [0, 0.05) is 28.7 Å². The zero-order chi connectivity index (χ0) is 24.3. The molecule has 1 aromatic heterocycles. The van der Waals surface area contributed by atoms with E-state index in [9.17, 15) is 0 Å². The lowest BCUT2D eigenvalue weighted by Crippen LogP contribution is -2.22. The highest BCUT2D eigenvalue weighted by molar-refractivity contribution is 5.84. The third-order valence-corrected chi connectivity index (χ3v) is 7.92. The van der Waals surface area contributed by atoms with Crippen molar-refractivity contribution in [1.82, 2.24) is 9.55 Å². The number of hydrogen-bond acceptors (Lipinski definition) is 2. The van der Waals surface area contributed by atoms with Gasteiger partial charge in [-0.2, -0.15) is 0 Å². The number of aromatic nitrogens is 2. The zero-order valence-corrected chi connectivity index (χ0v) is 20.4.